The van der Waals surface area contributed by atoms with Crippen LogP contribution in [0.4, 0.5) is 0 Å². The summed E-state index contributed by atoms with van der Waals surface area (Å²) in [7, 11) is 1.52. The van der Waals surface area contributed by atoms with E-state index in [1.807, 2.05) is 0 Å². The molecule has 2 rings (SSSR count). The van der Waals surface area contributed by atoms with Crippen LogP contribution in [0.5, 0.6) is 0 Å². The highest BCUT2D eigenvalue weighted by molar-refractivity contribution is 6.30. The van der Waals surface area contributed by atoms with Gasteiger partial charge in [0.15, 0.2) is 0 Å². The highest BCUT2D eigenvalue weighted by Crippen LogP contribution is 2.13. The number of carbonyl (C=O) groups is 2. The van der Waals surface area contributed by atoms with Crippen LogP contribution in [-0.2, 0) is 9.53 Å². The summed E-state index contributed by atoms with van der Waals surface area (Å²) >= 11 is 5.85. The molecule has 0 bridgehead atoms. The number of hydrogen-bond acceptors (Lipinski definition) is 4. The molecule has 0 aromatic heterocycles. The number of ether oxygens (including phenoxy) is 1. The molecule has 1 saturated heterocycles. The molecule has 24 heavy (non-hydrogen) atoms. The first-order valence-electron chi connectivity index (χ1n) is 7.61. The molecule has 2 amide bonds. The second-order valence-corrected chi connectivity index (χ2v) is 5.98. The highest BCUT2D eigenvalue weighted by Gasteiger charge is 2.25. The van der Waals surface area contributed by atoms with Gasteiger partial charge in [0, 0.05) is 43.9 Å². The van der Waals surface area contributed by atoms with Crippen molar-refractivity contribution in [2.24, 2.45) is 5.73 Å². The van der Waals surface area contributed by atoms with Crippen LogP contribution in [0, 0.1) is 0 Å². The average Bonchev–Trinajstić information content (AvgIpc) is 2.80. The summed E-state index contributed by atoms with van der Waals surface area (Å²) in [6.07, 6.45) is 0.727. The van der Waals surface area contributed by atoms with Crippen molar-refractivity contribution in [2.45, 2.75) is 12.5 Å². The Bertz CT molecular complexity index is 554. The van der Waals surface area contributed by atoms with Crippen LogP contribution in [0.25, 0.3) is 0 Å². The fraction of sp³-hybridized carbons (Fsp3) is 0.500. The van der Waals surface area contributed by atoms with E-state index < -0.39 is 6.04 Å². The monoisotopic (exact) mass is 375 g/mol. The molecule has 0 aliphatic carbocycles. The number of halogens is 2. The van der Waals surface area contributed by atoms with Crippen molar-refractivity contribution in [3.05, 3.63) is 34.9 Å². The Hall–Kier alpha value is -1.34. The molecule has 1 fully saturated rings. The molecule has 1 atom stereocenters. The van der Waals surface area contributed by atoms with Gasteiger partial charge in [-0.3, -0.25) is 9.59 Å². The van der Waals surface area contributed by atoms with Gasteiger partial charge in [0.05, 0.1) is 6.61 Å². The molecular weight excluding hydrogens is 353 g/mol. The van der Waals surface area contributed by atoms with E-state index in [1.54, 1.807) is 34.1 Å². The zero-order valence-corrected chi connectivity index (χ0v) is 15.2. The molecule has 134 valence electrons. The molecule has 1 aromatic carbocycles. The van der Waals surface area contributed by atoms with Crippen molar-refractivity contribution in [3.8, 4) is 0 Å². The van der Waals surface area contributed by atoms with Crippen LogP contribution in [0.15, 0.2) is 24.3 Å². The average molecular weight is 376 g/mol. The van der Waals surface area contributed by atoms with Gasteiger partial charge in [0.1, 0.15) is 6.04 Å². The molecule has 8 heteroatoms. The first kappa shape index (κ1) is 20.7. The number of hydrogen-bond donors (Lipinski definition) is 1. The van der Waals surface area contributed by atoms with E-state index in [2.05, 4.69) is 0 Å². The van der Waals surface area contributed by atoms with E-state index in [1.165, 1.54) is 7.11 Å². The number of methoxy groups -OCH3 is 1. The fourth-order valence-corrected chi connectivity index (χ4v) is 2.73. The van der Waals surface area contributed by atoms with Crippen molar-refractivity contribution < 1.29 is 14.3 Å². The normalized spacial score (nSPS) is 16.1. The number of nitrogens with two attached hydrogens (primary N) is 1. The van der Waals surface area contributed by atoms with E-state index in [0.717, 1.165) is 6.42 Å². The lowest BCUT2D eigenvalue weighted by atomic mass is 10.2. The minimum Gasteiger partial charge on any atom is -0.383 e. The molecule has 1 unspecified atom stereocenters. The number of amides is 2. The zero-order valence-electron chi connectivity index (χ0n) is 13.6. The SMILES string of the molecule is COCC(N)C(=O)N1CCCN(C(=O)c2ccc(Cl)cc2)CC1.Cl. The van der Waals surface area contributed by atoms with Gasteiger partial charge in [-0.05, 0) is 30.7 Å². The summed E-state index contributed by atoms with van der Waals surface area (Å²) in [5.74, 6) is -0.176. The largest absolute Gasteiger partial charge is 0.383 e. The van der Waals surface area contributed by atoms with E-state index >= 15 is 0 Å². The van der Waals surface area contributed by atoms with Crippen LogP contribution in [0.2, 0.25) is 5.02 Å². The highest BCUT2D eigenvalue weighted by atomic mass is 35.5. The second-order valence-electron chi connectivity index (χ2n) is 5.54. The maximum Gasteiger partial charge on any atom is 0.253 e. The van der Waals surface area contributed by atoms with Gasteiger partial charge in [0.2, 0.25) is 5.91 Å². The molecule has 1 aliphatic heterocycles. The summed E-state index contributed by atoms with van der Waals surface area (Å²) in [4.78, 5) is 28.2. The maximum atomic E-state index is 12.5. The van der Waals surface area contributed by atoms with Crippen LogP contribution in [0.1, 0.15) is 16.8 Å². The Labute approximate surface area is 153 Å². The molecule has 6 nitrogen and oxygen atoms in total. The summed E-state index contributed by atoms with van der Waals surface area (Å²) in [5, 5.41) is 0.598. The minimum absolute atomic E-state index is 0. The summed E-state index contributed by atoms with van der Waals surface area (Å²) in [6, 6.07) is 6.18. The van der Waals surface area contributed by atoms with Crippen LogP contribution < -0.4 is 5.73 Å². The summed E-state index contributed by atoms with van der Waals surface area (Å²) < 4.78 is 4.93. The topological polar surface area (TPSA) is 75.9 Å². The van der Waals surface area contributed by atoms with Crippen molar-refractivity contribution >= 4 is 35.8 Å². The third-order valence-corrected chi connectivity index (χ3v) is 4.10. The predicted molar refractivity (Wildman–Crippen MR) is 95.7 cm³/mol. The van der Waals surface area contributed by atoms with E-state index in [4.69, 9.17) is 22.1 Å². The number of rotatable bonds is 4. The van der Waals surface area contributed by atoms with Gasteiger partial charge in [0.25, 0.3) is 5.91 Å². The quantitative estimate of drug-likeness (QED) is 0.862. The third-order valence-electron chi connectivity index (χ3n) is 3.85. The maximum absolute atomic E-state index is 12.5. The lowest BCUT2D eigenvalue weighted by Crippen LogP contribution is -2.47. The van der Waals surface area contributed by atoms with Crippen molar-refractivity contribution in [1.82, 2.24) is 9.80 Å². The third kappa shape index (κ3) is 5.34. The predicted octanol–water partition coefficient (Wildman–Crippen LogP) is 1.41. The molecule has 2 N–H and O–H groups in total. The van der Waals surface area contributed by atoms with Gasteiger partial charge in [-0.1, -0.05) is 11.6 Å². The second kappa shape index (κ2) is 9.84. The standard InChI is InChI=1S/C16H22ClN3O3.ClH/c1-23-11-14(18)16(22)20-8-2-7-19(9-10-20)15(21)12-3-5-13(17)6-4-12;/h3-6,14H,2,7-11,18H2,1H3;1H. The Morgan fingerprint density at radius 1 is 1.17 bits per heavy atom. The lowest BCUT2D eigenvalue weighted by Gasteiger charge is -2.24. The number of benzene rings is 1. The first-order chi connectivity index (χ1) is 11.0. The van der Waals surface area contributed by atoms with Gasteiger partial charge >= 0.3 is 0 Å². The molecule has 0 spiro atoms. The molecule has 0 radical (unpaired) electrons. The Kier molecular flexibility index (Phi) is 8.48. The minimum atomic E-state index is -0.654. The van der Waals surface area contributed by atoms with Crippen LogP contribution >= 0.6 is 24.0 Å². The molecule has 1 heterocycles. The Balaban J connectivity index is 0.00000288. The number of nitrogens with zero attached hydrogens (tertiary/aromatic N) is 2. The van der Waals surface area contributed by atoms with E-state index in [-0.39, 0.29) is 30.8 Å². The molecular formula is C16H23Cl2N3O3. The Morgan fingerprint density at radius 3 is 2.38 bits per heavy atom. The van der Waals surface area contributed by atoms with Crippen LogP contribution in [-0.4, -0.2) is 67.6 Å². The fourth-order valence-electron chi connectivity index (χ4n) is 2.60. The summed E-state index contributed by atoms with van der Waals surface area (Å²) in [5.41, 5.74) is 6.40. The smallest absolute Gasteiger partial charge is 0.253 e. The molecule has 1 aliphatic rings. The van der Waals surface area contributed by atoms with Gasteiger partial charge in [-0.15, -0.1) is 12.4 Å². The molecule has 0 saturated carbocycles. The van der Waals surface area contributed by atoms with E-state index in [0.29, 0.717) is 36.8 Å². The van der Waals surface area contributed by atoms with Crippen molar-refractivity contribution in [1.29, 1.82) is 0 Å². The first-order valence-corrected chi connectivity index (χ1v) is 7.99. The van der Waals surface area contributed by atoms with Crippen molar-refractivity contribution in [2.75, 3.05) is 39.9 Å². The van der Waals surface area contributed by atoms with Gasteiger partial charge in [-0.25, -0.2) is 0 Å². The van der Waals surface area contributed by atoms with Crippen molar-refractivity contribution in [3.63, 3.8) is 0 Å². The van der Waals surface area contributed by atoms with Gasteiger partial charge < -0.3 is 20.3 Å². The van der Waals surface area contributed by atoms with Gasteiger partial charge in [-0.2, -0.15) is 0 Å². The number of carbonyl (C=O) groups excluding carboxylic acids is 2. The van der Waals surface area contributed by atoms with E-state index in [9.17, 15) is 9.59 Å². The lowest BCUT2D eigenvalue weighted by molar-refractivity contribution is -0.133. The zero-order chi connectivity index (χ0) is 16.8. The Morgan fingerprint density at radius 2 is 1.75 bits per heavy atom. The molecule has 1 aromatic rings. The van der Waals surface area contributed by atoms with Crippen LogP contribution in [0.3, 0.4) is 0 Å². The summed E-state index contributed by atoms with van der Waals surface area (Å²) in [6.45, 7) is 2.39.